The largest absolute Gasteiger partial charge is 0.467 e. The van der Waals surface area contributed by atoms with Crippen LogP contribution in [0.2, 0.25) is 0 Å². The summed E-state index contributed by atoms with van der Waals surface area (Å²) in [5.41, 5.74) is 0.917. The Morgan fingerprint density at radius 2 is 1.60 bits per heavy atom. The van der Waals surface area contributed by atoms with E-state index in [2.05, 4.69) is 10.6 Å². The molecule has 0 aliphatic rings. The second-order valence-electron chi connectivity index (χ2n) is 7.06. The summed E-state index contributed by atoms with van der Waals surface area (Å²) in [7, 11) is 0. The molecule has 1 aromatic carbocycles. The summed E-state index contributed by atoms with van der Waals surface area (Å²) in [4.78, 5) is 24.2. The van der Waals surface area contributed by atoms with Crippen molar-refractivity contribution < 1.29 is 19.1 Å². The van der Waals surface area contributed by atoms with Gasteiger partial charge in [-0.15, -0.1) is 0 Å². The van der Waals surface area contributed by atoms with E-state index in [0.717, 1.165) is 0 Å². The molecule has 2 amide bonds. The van der Waals surface area contributed by atoms with Gasteiger partial charge in [0, 0.05) is 17.7 Å². The zero-order valence-electron chi connectivity index (χ0n) is 14.7. The summed E-state index contributed by atoms with van der Waals surface area (Å²) in [6, 6.07) is 9.69. The van der Waals surface area contributed by atoms with Crippen molar-refractivity contribution in [1.82, 2.24) is 10.6 Å². The number of carbonyl (C=O) groups excluding carboxylic acids is 2. The zero-order chi connectivity index (χ0) is 18.4. The molecular weight excluding hydrogens is 320 g/mol. The fourth-order valence-electron chi connectivity index (χ4n) is 2.09. The van der Waals surface area contributed by atoms with Gasteiger partial charge in [-0.3, -0.25) is 9.59 Å². The Kier molecular flexibility index (Phi) is 5.98. The monoisotopic (exact) mass is 344 g/mol. The number of hydrogen-bond donors (Lipinski definition) is 3. The summed E-state index contributed by atoms with van der Waals surface area (Å²) in [6.45, 7) is 6.73. The van der Waals surface area contributed by atoms with E-state index in [1.807, 2.05) is 20.8 Å². The standard InChI is InChI=1S/C19H24N2O4/c1-19(2,3)12-21-18(24)14-8-6-13(7-9-14)17(23)20-11-15(22)16-5-4-10-25-16/h4-10,15,22H,11-12H2,1-3H3,(H,20,23)(H,21,24). The number of furan rings is 1. The molecule has 0 radical (unpaired) electrons. The first-order valence-corrected chi connectivity index (χ1v) is 8.14. The van der Waals surface area contributed by atoms with Crippen LogP contribution in [0.15, 0.2) is 47.1 Å². The molecule has 25 heavy (non-hydrogen) atoms. The molecular formula is C19H24N2O4. The molecule has 0 saturated carbocycles. The van der Waals surface area contributed by atoms with Crippen molar-refractivity contribution >= 4 is 11.8 Å². The smallest absolute Gasteiger partial charge is 0.251 e. The highest BCUT2D eigenvalue weighted by atomic mass is 16.4. The number of carbonyl (C=O) groups is 2. The lowest BCUT2D eigenvalue weighted by molar-refractivity contribution is 0.0898. The fourth-order valence-corrected chi connectivity index (χ4v) is 2.09. The average molecular weight is 344 g/mol. The van der Waals surface area contributed by atoms with Crippen molar-refractivity contribution in [2.24, 2.45) is 5.41 Å². The van der Waals surface area contributed by atoms with Gasteiger partial charge in [-0.1, -0.05) is 20.8 Å². The lowest BCUT2D eigenvalue weighted by Crippen LogP contribution is -2.32. The van der Waals surface area contributed by atoms with Gasteiger partial charge in [0.1, 0.15) is 11.9 Å². The van der Waals surface area contributed by atoms with E-state index in [9.17, 15) is 14.7 Å². The minimum atomic E-state index is -0.901. The second-order valence-corrected chi connectivity index (χ2v) is 7.06. The molecule has 0 fully saturated rings. The number of benzene rings is 1. The first-order chi connectivity index (χ1) is 11.8. The number of hydrogen-bond acceptors (Lipinski definition) is 4. The van der Waals surface area contributed by atoms with E-state index in [-0.39, 0.29) is 23.8 Å². The molecule has 2 rings (SSSR count). The summed E-state index contributed by atoms with van der Waals surface area (Å²) in [6.07, 6.45) is 0.561. The molecule has 1 aromatic heterocycles. The van der Waals surface area contributed by atoms with Crippen molar-refractivity contribution in [2.45, 2.75) is 26.9 Å². The second kappa shape index (κ2) is 7.98. The van der Waals surface area contributed by atoms with E-state index < -0.39 is 6.10 Å². The quantitative estimate of drug-likeness (QED) is 0.751. The van der Waals surface area contributed by atoms with Crippen LogP contribution in [0, 0.1) is 5.41 Å². The number of nitrogens with one attached hydrogen (secondary N) is 2. The van der Waals surface area contributed by atoms with Gasteiger partial charge >= 0.3 is 0 Å². The highest BCUT2D eigenvalue weighted by Gasteiger charge is 2.15. The first-order valence-electron chi connectivity index (χ1n) is 8.14. The van der Waals surface area contributed by atoms with Gasteiger partial charge in [0.25, 0.3) is 11.8 Å². The Hall–Kier alpha value is -2.60. The minimum Gasteiger partial charge on any atom is -0.467 e. The van der Waals surface area contributed by atoms with Crippen LogP contribution in [0.3, 0.4) is 0 Å². The van der Waals surface area contributed by atoms with Crippen LogP contribution in [-0.2, 0) is 0 Å². The Balaban J connectivity index is 1.88. The Morgan fingerprint density at radius 3 is 2.08 bits per heavy atom. The maximum absolute atomic E-state index is 12.1. The average Bonchev–Trinajstić information content (AvgIpc) is 3.11. The van der Waals surface area contributed by atoms with Crippen LogP contribution in [-0.4, -0.2) is 30.0 Å². The van der Waals surface area contributed by atoms with Crippen LogP contribution in [0.25, 0.3) is 0 Å². The van der Waals surface area contributed by atoms with Crippen molar-refractivity contribution in [3.05, 3.63) is 59.5 Å². The third kappa shape index (κ3) is 5.76. The maximum atomic E-state index is 12.1. The summed E-state index contributed by atoms with van der Waals surface area (Å²) >= 11 is 0. The van der Waals surface area contributed by atoms with E-state index in [1.54, 1.807) is 36.4 Å². The highest BCUT2D eigenvalue weighted by Crippen LogP contribution is 2.13. The molecule has 0 aliphatic heterocycles. The van der Waals surface area contributed by atoms with Crippen molar-refractivity contribution in [2.75, 3.05) is 13.1 Å². The molecule has 1 heterocycles. The Morgan fingerprint density at radius 1 is 1.04 bits per heavy atom. The topological polar surface area (TPSA) is 91.6 Å². The molecule has 6 heteroatoms. The predicted octanol–water partition coefficient (Wildman–Crippen LogP) is 2.52. The van der Waals surface area contributed by atoms with Crippen LogP contribution < -0.4 is 10.6 Å². The predicted molar refractivity (Wildman–Crippen MR) is 94.2 cm³/mol. The molecule has 6 nitrogen and oxygen atoms in total. The third-order valence-electron chi connectivity index (χ3n) is 3.52. The van der Waals surface area contributed by atoms with E-state index in [1.165, 1.54) is 6.26 Å². The third-order valence-corrected chi connectivity index (χ3v) is 3.52. The Labute approximate surface area is 147 Å². The summed E-state index contributed by atoms with van der Waals surface area (Å²) < 4.78 is 5.08. The fraction of sp³-hybridized carbons (Fsp3) is 0.368. The molecule has 1 unspecified atom stereocenters. The number of amides is 2. The van der Waals surface area contributed by atoms with Gasteiger partial charge in [-0.05, 0) is 41.8 Å². The SMILES string of the molecule is CC(C)(C)CNC(=O)c1ccc(C(=O)NCC(O)c2ccco2)cc1. The Bertz CT molecular complexity index is 700. The molecule has 1 atom stereocenters. The molecule has 0 bridgehead atoms. The maximum Gasteiger partial charge on any atom is 0.251 e. The molecule has 134 valence electrons. The van der Waals surface area contributed by atoms with Gasteiger partial charge in [0.2, 0.25) is 0 Å². The molecule has 2 aromatic rings. The lowest BCUT2D eigenvalue weighted by Gasteiger charge is -2.18. The van der Waals surface area contributed by atoms with Crippen molar-refractivity contribution in [1.29, 1.82) is 0 Å². The first kappa shape index (κ1) is 18.7. The minimum absolute atomic E-state index is 0.00428. The summed E-state index contributed by atoms with van der Waals surface area (Å²) in [5.74, 6) is -0.103. The molecule has 3 N–H and O–H groups in total. The number of aliphatic hydroxyl groups is 1. The zero-order valence-corrected chi connectivity index (χ0v) is 14.7. The van der Waals surface area contributed by atoms with Gasteiger partial charge < -0.3 is 20.2 Å². The molecule has 0 saturated heterocycles. The lowest BCUT2D eigenvalue weighted by atomic mass is 9.97. The molecule has 0 spiro atoms. The van der Waals surface area contributed by atoms with Gasteiger partial charge in [0.05, 0.1) is 12.8 Å². The van der Waals surface area contributed by atoms with Crippen LogP contribution in [0.1, 0.15) is 53.4 Å². The van der Waals surface area contributed by atoms with Crippen LogP contribution in [0.5, 0.6) is 0 Å². The van der Waals surface area contributed by atoms with E-state index in [4.69, 9.17) is 4.42 Å². The van der Waals surface area contributed by atoms with Crippen LogP contribution >= 0.6 is 0 Å². The number of rotatable bonds is 6. The van der Waals surface area contributed by atoms with Crippen molar-refractivity contribution in [3.63, 3.8) is 0 Å². The van der Waals surface area contributed by atoms with E-state index in [0.29, 0.717) is 23.4 Å². The van der Waals surface area contributed by atoms with Crippen molar-refractivity contribution in [3.8, 4) is 0 Å². The summed E-state index contributed by atoms with van der Waals surface area (Å²) in [5, 5.41) is 15.4. The van der Waals surface area contributed by atoms with Gasteiger partial charge in [0.15, 0.2) is 0 Å². The number of aliphatic hydroxyl groups excluding tert-OH is 1. The highest BCUT2D eigenvalue weighted by molar-refractivity contribution is 5.97. The van der Waals surface area contributed by atoms with Gasteiger partial charge in [-0.2, -0.15) is 0 Å². The normalized spacial score (nSPS) is 12.5. The van der Waals surface area contributed by atoms with Gasteiger partial charge in [-0.25, -0.2) is 0 Å². The van der Waals surface area contributed by atoms with E-state index >= 15 is 0 Å². The molecule has 0 aliphatic carbocycles. The van der Waals surface area contributed by atoms with Crippen LogP contribution in [0.4, 0.5) is 0 Å².